The molecule has 0 aromatic heterocycles. The molecule has 1 heterocycles. The molecule has 0 spiro atoms. The molecule has 0 amide bonds. The predicted molar refractivity (Wildman–Crippen MR) is 59.1 cm³/mol. The lowest BCUT2D eigenvalue weighted by atomic mass is 9.96. The molecule has 82 valence electrons. The van der Waals surface area contributed by atoms with Gasteiger partial charge in [0.25, 0.3) is 0 Å². The number of methoxy groups -OCH3 is 1. The van der Waals surface area contributed by atoms with Crippen LogP contribution in [-0.2, 0) is 11.3 Å². The molecule has 1 atom stereocenters. The summed E-state index contributed by atoms with van der Waals surface area (Å²) in [7, 11) is 1.67. The third-order valence-electron chi connectivity index (χ3n) is 2.93. The summed E-state index contributed by atoms with van der Waals surface area (Å²) < 4.78 is 10.6. The number of nitrogens with two attached hydrogens (primary N) is 1. The van der Waals surface area contributed by atoms with Crippen molar-refractivity contribution in [3.8, 4) is 5.75 Å². The molecular weight excluding hydrogens is 190 g/mol. The van der Waals surface area contributed by atoms with Gasteiger partial charge in [-0.2, -0.15) is 0 Å². The Kier molecular flexibility index (Phi) is 3.23. The van der Waals surface area contributed by atoms with Crippen molar-refractivity contribution in [3.63, 3.8) is 0 Å². The van der Waals surface area contributed by atoms with Gasteiger partial charge in [-0.05, 0) is 18.1 Å². The molecule has 1 aliphatic heterocycles. The van der Waals surface area contributed by atoms with Crippen LogP contribution in [0.2, 0.25) is 0 Å². The lowest BCUT2D eigenvalue weighted by Crippen LogP contribution is -2.03. The summed E-state index contributed by atoms with van der Waals surface area (Å²) in [6.07, 6.45) is 1.11. The van der Waals surface area contributed by atoms with Gasteiger partial charge in [0, 0.05) is 24.6 Å². The zero-order valence-electron chi connectivity index (χ0n) is 9.03. The lowest BCUT2D eigenvalue weighted by molar-refractivity contribution is 0.194. The van der Waals surface area contributed by atoms with Crippen LogP contribution in [0.25, 0.3) is 0 Å². The van der Waals surface area contributed by atoms with Gasteiger partial charge in [0.05, 0.1) is 13.7 Å². The first-order valence-corrected chi connectivity index (χ1v) is 5.29. The Balaban J connectivity index is 2.25. The van der Waals surface area contributed by atoms with E-state index in [1.807, 2.05) is 6.07 Å². The molecule has 1 aliphatic rings. The van der Waals surface area contributed by atoms with E-state index in [1.54, 1.807) is 7.11 Å². The molecule has 1 aromatic carbocycles. The van der Waals surface area contributed by atoms with E-state index in [0.29, 0.717) is 12.5 Å². The summed E-state index contributed by atoms with van der Waals surface area (Å²) in [5.74, 6) is 1.40. The minimum Gasteiger partial charge on any atom is -0.496 e. The molecule has 1 fully saturated rings. The van der Waals surface area contributed by atoms with E-state index in [-0.39, 0.29) is 0 Å². The summed E-state index contributed by atoms with van der Waals surface area (Å²) in [6, 6.07) is 6.24. The maximum absolute atomic E-state index is 5.68. The molecule has 0 saturated carbocycles. The van der Waals surface area contributed by atoms with Crippen LogP contribution in [0.5, 0.6) is 5.75 Å². The van der Waals surface area contributed by atoms with Crippen LogP contribution in [0.3, 0.4) is 0 Å². The molecular formula is C12H17NO2. The van der Waals surface area contributed by atoms with Gasteiger partial charge in [-0.25, -0.2) is 0 Å². The molecule has 0 radical (unpaired) electrons. The number of ether oxygens (including phenoxy) is 2. The summed E-state index contributed by atoms with van der Waals surface area (Å²) in [5.41, 5.74) is 8.07. The third kappa shape index (κ3) is 2.13. The normalized spacial score (nSPS) is 20.5. The maximum Gasteiger partial charge on any atom is 0.123 e. The number of hydrogen-bond acceptors (Lipinski definition) is 3. The zero-order chi connectivity index (χ0) is 10.7. The van der Waals surface area contributed by atoms with E-state index in [9.17, 15) is 0 Å². The fourth-order valence-electron chi connectivity index (χ4n) is 2.01. The van der Waals surface area contributed by atoms with Crippen LogP contribution in [0.4, 0.5) is 0 Å². The predicted octanol–water partition coefficient (Wildman–Crippen LogP) is 1.66. The monoisotopic (exact) mass is 207 g/mol. The van der Waals surface area contributed by atoms with Crippen molar-refractivity contribution in [2.75, 3.05) is 20.3 Å². The van der Waals surface area contributed by atoms with Crippen LogP contribution < -0.4 is 10.5 Å². The van der Waals surface area contributed by atoms with Crippen molar-refractivity contribution in [2.45, 2.75) is 18.9 Å². The first-order chi connectivity index (χ1) is 7.35. The van der Waals surface area contributed by atoms with Crippen LogP contribution in [-0.4, -0.2) is 20.3 Å². The number of rotatable bonds is 3. The summed E-state index contributed by atoms with van der Waals surface area (Å²) >= 11 is 0. The second-order valence-corrected chi connectivity index (χ2v) is 3.84. The van der Waals surface area contributed by atoms with E-state index in [1.165, 1.54) is 5.56 Å². The van der Waals surface area contributed by atoms with Crippen molar-refractivity contribution in [1.82, 2.24) is 0 Å². The van der Waals surface area contributed by atoms with Crippen LogP contribution in [0.15, 0.2) is 18.2 Å². The zero-order valence-corrected chi connectivity index (χ0v) is 9.03. The molecule has 1 saturated heterocycles. The van der Waals surface area contributed by atoms with E-state index in [0.717, 1.165) is 30.9 Å². The average Bonchev–Trinajstić information content (AvgIpc) is 2.81. The second-order valence-electron chi connectivity index (χ2n) is 3.84. The smallest absolute Gasteiger partial charge is 0.123 e. The molecule has 2 N–H and O–H groups in total. The fraction of sp³-hybridized carbons (Fsp3) is 0.500. The Labute approximate surface area is 90.2 Å². The third-order valence-corrected chi connectivity index (χ3v) is 2.93. The minimum absolute atomic E-state index is 0.518. The molecule has 3 heteroatoms. The summed E-state index contributed by atoms with van der Waals surface area (Å²) in [4.78, 5) is 0. The molecule has 3 nitrogen and oxygen atoms in total. The molecule has 1 aromatic rings. The molecule has 0 bridgehead atoms. The highest BCUT2D eigenvalue weighted by molar-refractivity contribution is 5.38. The average molecular weight is 207 g/mol. The maximum atomic E-state index is 5.68. The van der Waals surface area contributed by atoms with Crippen LogP contribution >= 0.6 is 0 Å². The lowest BCUT2D eigenvalue weighted by Gasteiger charge is -2.12. The van der Waals surface area contributed by atoms with Crippen molar-refractivity contribution < 1.29 is 9.47 Å². The van der Waals surface area contributed by atoms with Crippen molar-refractivity contribution in [1.29, 1.82) is 0 Å². The van der Waals surface area contributed by atoms with Gasteiger partial charge < -0.3 is 15.2 Å². The molecule has 0 aliphatic carbocycles. The quantitative estimate of drug-likeness (QED) is 0.819. The van der Waals surface area contributed by atoms with Crippen LogP contribution in [0, 0.1) is 0 Å². The Bertz CT molecular complexity index is 332. The largest absolute Gasteiger partial charge is 0.496 e. The second kappa shape index (κ2) is 4.64. The minimum atomic E-state index is 0.518. The molecule has 2 rings (SSSR count). The Morgan fingerprint density at radius 3 is 3.00 bits per heavy atom. The topological polar surface area (TPSA) is 44.5 Å². The summed E-state index contributed by atoms with van der Waals surface area (Å²) in [5, 5.41) is 0. The van der Waals surface area contributed by atoms with Gasteiger partial charge in [-0.15, -0.1) is 0 Å². The van der Waals surface area contributed by atoms with Gasteiger partial charge in [-0.1, -0.05) is 12.1 Å². The molecule has 15 heavy (non-hydrogen) atoms. The number of benzene rings is 1. The van der Waals surface area contributed by atoms with Crippen molar-refractivity contribution in [2.24, 2.45) is 5.73 Å². The van der Waals surface area contributed by atoms with Gasteiger partial charge >= 0.3 is 0 Å². The number of hydrogen-bond donors (Lipinski definition) is 1. The SMILES string of the molecule is COc1ccc(C2CCOC2)cc1CN. The van der Waals surface area contributed by atoms with Crippen molar-refractivity contribution >= 4 is 0 Å². The van der Waals surface area contributed by atoms with Gasteiger partial charge in [0.2, 0.25) is 0 Å². The van der Waals surface area contributed by atoms with E-state index < -0.39 is 0 Å². The Hall–Kier alpha value is -1.06. The fourth-order valence-corrected chi connectivity index (χ4v) is 2.01. The van der Waals surface area contributed by atoms with Gasteiger partial charge in [-0.3, -0.25) is 0 Å². The van der Waals surface area contributed by atoms with Gasteiger partial charge in [0.15, 0.2) is 0 Å². The highest BCUT2D eigenvalue weighted by Crippen LogP contribution is 2.29. The van der Waals surface area contributed by atoms with Crippen molar-refractivity contribution in [3.05, 3.63) is 29.3 Å². The van der Waals surface area contributed by atoms with E-state index in [2.05, 4.69) is 12.1 Å². The van der Waals surface area contributed by atoms with E-state index in [4.69, 9.17) is 15.2 Å². The van der Waals surface area contributed by atoms with E-state index >= 15 is 0 Å². The first-order valence-electron chi connectivity index (χ1n) is 5.29. The Morgan fingerprint density at radius 1 is 1.53 bits per heavy atom. The van der Waals surface area contributed by atoms with Gasteiger partial charge in [0.1, 0.15) is 5.75 Å². The van der Waals surface area contributed by atoms with Crippen LogP contribution in [0.1, 0.15) is 23.5 Å². The first kappa shape index (κ1) is 10.5. The summed E-state index contributed by atoms with van der Waals surface area (Å²) in [6.45, 7) is 2.22. The highest BCUT2D eigenvalue weighted by atomic mass is 16.5. The molecule has 1 unspecified atom stereocenters. The standard InChI is InChI=1S/C12H17NO2/c1-14-12-3-2-9(6-11(12)7-13)10-4-5-15-8-10/h2-3,6,10H,4-5,7-8,13H2,1H3. The Morgan fingerprint density at radius 2 is 2.40 bits per heavy atom. The highest BCUT2D eigenvalue weighted by Gasteiger charge is 2.18.